The van der Waals surface area contributed by atoms with E-state index in [4.69, 9.17) is 5.73 Å². The number of aromatic nitrogens is 3. The topological polar surface area (TPSA) is 85.8 Å². The lowest BCUT2D eigenvalue weighted by Crippen LogP contribution is -2.40. The highest BCUT2D eigenvalue weighted by Gasteiger charge is 2.21. The maximum Gasteiger partial charge on any atom is 0.291 e. The number of nitrogens with two attached hydrogens (primary N) is 1. The average Bonchev–Trinajstić information content (AvgIpc) is 3.04. The lowest BCUT2D eigenvalue weighted by Gasteiger charge is -2.14. The first-order valence-corrected chi connectivity index (χ1v) is 8.70. The number of rotatable bonds is 8. The van der Waals surface area contributed by atoms with E-state index in [-0.39, 0.29) is 41.9 Å². The molecule has 8 heteroatoms. The molecule has 0 radical (unpaired) electrons. The SMILES string of the molecule is CCCCC(CN)NC(=O)c1nc(C(C)C)n(-c2cccc(F)c2)n1.Cl. The molecule has 1 unspecified atom stereocenters. The highest BCUT2D eigenvalue weighted by molar-refractivity contribution is 5.90. The van der Waals surface area contributed by atoms with Crippen LogP contribution >= 0.6 is 12.4 Å². The van der Waals surface area contributed by atoms with Crippen LogP contribution in [0.2, 0.25) is 0 Å². The van der Waals surface area contributed by atoms with E-state index in [9.17, 15) is 9.18 Å². The molecule has 2 aromatic rings. The van der Waals surface area contributed by atoms with Gasteiger partial charge in [0.25, 0.3) is 5.91 Å². The quantitative estimate of drug-likeness (QED) is 0.732. The van der Waals surface area contributed by atoms with Crippen molar-refractivity contribution in [2.75, 3.05) is 6.54 Å². The molecule has 3 N–H and O–H groups in total. The summed E-state index contributed by atoms with van der Waals surface area (Å²) < 4.78 is 15.1. The predicted molar refractivity (Wildman–Crippen MR) is 102 cm³/mol. The molecule has 0 aliphatic heterocycles. The second-order valence-electron chi connectivity index (χ2n) is 6.39. The normalized spacial score (nSPS) is 11.9. The second kappa shape index (κ2) is 10.2. The number of hydrogen-bond acceptors (Lipinski definition) is 4. The molecule has 0 spiro atoms. The maximum atomic E-state index is 13.5. The Balaban J connectivity index is 0.00000338. The molecule has 26 heavy (non-hydrogen) atoms. The molecule has 144 valence electrons. The molecule has 0 bridgehead atoms. The number of halogens is 2. The highest BCUT2D eigenvalue weighted by atomic mass is 35.5. The fourth-order valence-corrected chi connectivity index (χ4v) is 2.54. The van der Waals surface area contributed by atoms with Crippen LogP contribution in [0.3, 0.4) is 0 Å². The summed E-state index contributed by atoms with van der Waals surface area (Å²) >= 11 is 0. The number of amides is 1. The third-order valence-electron chi connectivity index (χ3n) is 3.93. The summed E-state index contributed by atoms with van der Waals surface area (Å²) in [5, 5.41) is 7.18. The minimum atomic E-state index is -0.364. The van der Waals surface area contributed by atoms with Crippen molar-refractivity contribution < 1.29 is 9.18 Å². The van der Waals surface area contributed by atoms with E-state index in [1.165, 1.54) is 16.8 Å². The van der Waals surface area contributed by atoms with Gasteiger partial charge in [0.15, 0.2) is 0 Å². The largest absolute Gasteiger partial charge is 0.345 e. The summed E-state index contributed by atoms with van der Waals surface area (Å²) in [7, 11) is 0. The van der Waals surface area contributed by atoms with Gasteiger partial charge in [0.1, 0.15) is 11.6 Å². The van der Waals surface area contributed by atoms with Crippen molar-refractivity contribution in [1.29, 1.82) is 0 Å². The van der Waals surface area contributed by atoms with Gasteiger partial charge in [-0.15, -0.1) is 17.5 Å². The Labute approximate surface area is 159 Å². The van der Waals surface area contributed by atoms with Crippen LogP contribution in [0.1, 0.15) is 62.4 Å². The molecule has 0 fully saturated rings. The number of carbonyl (C=O) groups excluding carboxylic acids is 1. The van der Waals surface area contributed by atoms with Gasteiger partial charge in [0, 0.05) is 18.5 Å². The molecular formula is C18H27ClFN5O. The van der Waals surface area contributed by atoms with Crippen molar-refractivity contribution in [1.82, 2.24) is 20.1 Å². The number of carbonyl (C=O) groups is 1. The zero-order valence-electron chi connectivity index (χ0n) is 15.4. The van der Waals surface area contributed by atoms with Crippen LogP contribution < -0.4 is 11.1 Å². The van der Waals surface area contributed by atoms with Crippen LogP contribution in [0.25, 0.3) is 5.69 Å². The average molecular weight is 384 g/mol. The molecular weight excluding hydrogens is 357 g/mol. The van der Waals surface area contributed by atoms with Crippen molar-refractivity contribution in [2.24, 2.45) is 5.73 Å². The predicted octanol–water partition coefficient (Wildman–Crippen LogP) is 3.20. The van der Waals surface area contributed by atoms with Crippen molar-refractivity contribution in [2.45, 2.75) is 52.0 Å². The number of benzene rings is 1. The summed E-state index contributed by atoms with van der Waals surface area (Å²) in [6.07, 6.45) is 2.85. The van der Waals surface area contributed by atoms with E-state index in [1.807, 2.05) is 13.8 Å². The summed E-state index contributed by atoms with van der Waals surface area (Å²) in [5.41, 5.74) is 6.27. The van der Waals surface area contributed by atoms with Crippen molar-refractivity contribution in [3.8, 4) is 5.69 Å². The molecule has 0 saturated carbocycles. The van der Waals surface area contributed by atoms with Gasteiger partial charge in [-0.3, -0.25) is 4.79 Å². The van der Waals surface area contributed by atoms with Gasteiger partial charge in [-0.1, -0.05) is 39.7 Å². The van der Waals surface area contributed by atoms with E-state index in [0.717, 1.165) is 19.3 Å². The first-order chi connectivity index (χ1) is 12.0. The molecule has 0 aliphatic carbocycles. The molecule has 1 heterocycles. The Morgan fingerprint density at radius 2 is 2.12 bits per heavy atom. The zero-order chi connectivity index (χ0) is 18.4. The maximum absolute atomic E-state index is 13.5. The third kappa shape index (κ3) is 5.51. The zero-order valence-corrected chi connectivity index (χ0v) is 16.2. The summed E-state index contributed by atoms with van der Waals surface area (Å²) in [5.74, 6) is -0.0145. The van der Waals surface area contributed by atoms with Crippen molar-refractivity contribution in [3.63, 3.8) is 0 Å². The molecule has 1 amide bonds. The van der Waals surface area contributed by atoms with E-state index >= 15 is 0 Å². The smallest absolute Gasteiger partial charge is 0.291 e. The van der Waals surface area contributed by atoms with Gasteiger partial charge >= 0.3 is 0 Å². The van der Waals surface area contributed by atoms with Crippen molar-refractivity contribution >= 4 is 18.3 Å². The Morgan fingerprint density at radius 1 is 1.38 bits per heavy atom. The monoisotopic (exact) mass is 383 g/mol. The van der Waals surface area contributed by atoms with Gasteiger partial charge in [-0.05, 0) is 24.6 Å². The van der Waals surface area contributed by atoms with E-state index < -0.39 is 0 Å². The van der Waals surface area contributed by atoms with Crippen molar-refractivity contribution in [3.05, 3.63) is 41.7 Å². The van der Waals surface area contributed by atoms with Crippen LogP contribution in [0.15, 0.2) is 24.3 Å². The minimum Gasteiger partial charge on any atom is -0.345 e. The molecule has 0 saturated heterocycles. The fraction of sp³-hybridized carbons (Fsp3) is 0.500. The van der Waals surface area contributed by atoms with Crippen LogP contribution in [-0.2, 0) is 0 Å². The fourth-order valence-electron chi connectivity index (χ4n) is 2.54. The van der Waals surface area contributed by atoms with Crippen LogP contribution in [0.5, 0.6) is 0 Å². The molecule has 1 aromatic carbocycles. The highest BCUT2D eigenvalue weighted by Crippen LogP contribution is 2.18. The standard InChI is InChI=1S/C18H26FN5O.ClH/c1-4-5-8-14(11-20)21-18(25)16-22-17(12(2)3)24(23-16)15-9-6-7-13(19)10-15;/h6-7,9-10,12,14H,4-5,8,11,20H2,1-3H3,(H,21,25);1H. The van der Waals surface area contributed by atoms with Crippen LogP contribution in [-0.4, -0.2) is 33.3 Å². The van der Waals surface area contributed by atoms with E-state index in [2.05, 4.69) is 22.3 Å². The number of unbranched alkanes of at least 4 members (excludes halogenated alkanes) is 1. The Bertz CT molecular complexity index is 719. The van der Waals surface area contributed by atoms with Gasteiger partial charge in [-0.25, -0.2) is 14.1 Å². The van der Waals surface area contributed by atoms with Gasteiger partial charge in [-0.2, -0.15) is 0 Å². The lowest BCUT2D eigenvalue weighted by atomic mass is 10.1. The van der Waals surface area contributed by atoms with Crippen LogP contribution in [0, 0.1) is 5.82 Å². The lowest BCUT2D eigenvalue weighted by molar-refractivity contribution is 0.0925. The Kier molecular flexibility index (Phi) is 8.68. The summed E-state index contributed by atoms with van der Waals surface area (Å²) in [4.78, 5) is 16.8. The number of nitrogens with zero attached hydrogens (tertiary/aromatic N) is 3. The van der Waals surface area contributed by atoms with Gasteiger partial charge in [0.05, 0.1) is 5.69 Å². The Hall–Kier alpha value is -1.99. The third-order valence-corrected chi connectivity index (χ3v) is 3.93. The molecule has 0 aliphatic rings. The minimum absolute atomic E-state index is 0. The number of nitrogens with one attached hydrogen (secondary N) is 1. The van der Waals surface area contributed by atoms with Gasteiger partial charge in [0.2, 0.25) is 5.82 Å². The van der Waals surface area contributed by atoms with E-state index in [0.29, 0.717) is 18.1 Å². The van der Waals surface area contributed by atoms with Gasteiger partial charge < -0.3 is 11.1 Å². The molecule has 2 rings (SSSR count). The first-order valence-electron chi connectivity index (χ1n) is 8.70. The summed E-state index contributed by atoms with van der Waals surface area (Å²) in [6.45, 7) is 6.36. The molecule has 1 aromatic heterocycles. The second-order valence-corrected chi connectivity index (χ2v) is 6.39. The molecule has 6 nitrogen and oxygen atoms in total. The van der Waals surface area contributed by atoms with Crippen LogP contribution in [0.4, 0.5) is 4.39 Å². The number of hydrogen-bond donors (Lipinski definition) is 2. The molecule has 1 atom stereocenters. The first kappa shape index (κ1) is 22.1. The Morgan fingerprint density at radius 3 is 2.69 bits per heavy atom. The van der Waals surface area contributed by atoms with E-state index in [1.54, 1.807) is 12.1 Å². The summed E-state index contributed by atoms with van der Waals surface area (Å²) in [6, 6.07) is 5.96.